The van der Waals surface area contributed by atoms with Gasteiger partial charge < -0.3 is 5.32 Å². The lowest BCUT2D eigenvalue weighted by Crippen LogP contribution is -2.43. The number of nitrogens with one attached hydrogen (secondary N) is 2. The van der Waals surface area contributed by atoms with E-state index in [1.807, 2.05) is 6.92 Å². The summed E-state index contributed by atoms with van der Waals surface area (Å²) >= 11 is 0. The van der Waals surface area contributed by atoms with Gasteiger partial charge in [0.15, 0.2) is 0 Å². The first-order valence-electron chi connectivity index (χ1n) is 5.50. The summed E-state index contributed by atoms with van der Waals surface area (Å²) in [6, 6.07) is 1.72. The van der Waals surface area contributed by atoms with Crippen LogP contribution in [0.15, 0.2) is 18.5 Å². The van der Waals surface area contributed by atoms with E-state index in [1.54, 1.807) is 18.5 Å². The number of piperidine rings is 1. The maximum Gasteiger partial charge on any atom is 0.232 e. The van der Waals surface area contributed by atoms with Crippen molar-refractivity contribution in [1.82, 2.24) is 15.3 Å². The SMILES string of the molecule is CC1(C(=O)Nc2ncccn2)CCNCC1. The third-order valence-electron chi connectivity index (χ3n) is 3.05. The second-order valence-electron chi connectivity index (χ2n) is 4.34. The van der Waals surface area contributed by atoms with E-state index in [2.05, 4.69) is 20.6 Å². The van der Waals surface area contributed by atoms with Crippen molar-refractivity contribution in [1.29, 1.82) is 0 Å². The minimum Gasteiger partial charge on any atom is -0.317 e. The molecule has 2 heterocycles. The molecule has 0 unspecified atom stereocenters. The Morgan fingerprint density at radius 2 is 2.00 bits per heavy atom. The van der Waals surface area contributed by atoms with Crippen molar-refractivity contribution in [3.63, 3.8) is 0 Å². The van der Waals surface area contributed by atoms with Crippen molar-refractivity contribution in [2.24, 2.45) is 5.41 Å². The van der Waals surface area contributed by atoms with Crippen LogP contribution in [0.25, 0.3) is 0 Å². The normalized spacial score (nSPS) is 19.1. The Bertz CT molecular complexity index is 360. The molecule has 0 aliphatic carbocycles. The fourth-order valence-corrected chi connectivity index (χ4v) is 1.82. The molecule has 0 saturated carbocycles. The van der Waals surface area contributed by atoms with E-state index in [0.29, 0.717) is 5.95 Å². The molecule has 0 atom stereocenters. The summed E-state index contributed by atoms with van der Waals surface area (Å²) < 4.78 is 0. The molecule has 1 aromatic rings. The van der Waals surface area contributed by atoms with Crippen molar-refractivity contribution in [2.75, 3.05) is 18.4 Å². The molecule has 1 fully saturated rings. The van der Waals surface area contributed by atoms with Crippen LogP contribution in [0, 0.1) is 5.41 Å². The smallest absolute Gasteiger partial charge is 0.232 e. The molecule has 1 amide bonds. The summed E-state index contributed by atoms with van der Waals surface area (Å²) in [7, 11) is 0. The van der Waals surface area contributed by atoms with Crippen LogP contribution in [-0.2, 0) is 4.79 Å². The molecule has 0 spiro atoms. The van der Waals surface area contributed by atoms with Crippen LogP contribution in [0.2, 0.25) is 0 Å². The van der Waals surface area contributed by atoms with Crippen molar-refractivity contribution in [3.05, 3.63) is 18.5 Å². The zero-order chi connectivity index (χ0) is 11.4. The van der Waals surface area contributed by atoms with Crippen LogP contribution in [0.3, 0.4) is 0 Å². The van der Waals surface area contributed by atoms with Gasteiger partial charge in [0.05, 0.1) is 0 Å². The first-order chi connectivity index (χ1) is 7.71. The Kier molecular flexibility index (Phi) is 3.14. The van der Waals surface area contributed by atoms with Gasteiger partial charge in [0.2, 0.25) is 11.9 Å². The number of anilines is 1. The van der Waals surface area contributed by atoms with Crippen LogP contribution < -0.4 is 10.6 Å². The predicted octanol–water partition coefficient (Wildman–Crippen LogP) is 0.805. The second kappa shape index (κ2) is 4.57. The quantitative estimate of drug-likeness (QED) is 0.773. The molecule has 16 heavy (non-hydrogen) atoms. The number of nitrogens with zero attached hydrogens (tertiary/aromatic N) is 2. The van der Waals surface area contributed by atoms with E-state index in [4.69, 9.17) is 0 Å². The van der Waals surface area contributed by atoms with Gasteiger partial charge in [-0.15, -0.1) is 0 Å². The highest BCUT2D eigenvalue weighted by Crippen LogP contribution is 2.28. The van der Waals surface area contributed by atoms with Crippen molar-refractivity contribution >= 4 is 11.9 Å². The first-order valence-corrected chi connectivity index (χ1v) is 5.50. The summed E-state index contributed by atoms with van der Waals surface area (Å²) in [5.41, 5.74) is -0.301. The first kappa shape index (κ1) is 11.0. The third kappa shape index (κ3) is 2.36. The lowest BCUT2D eigenvalue weighted by Gasteiger charge is -2.32. The van der Waals surface area contributed by atoms with Gasteiger partial charge in [-0.05, 0) is 32.0 Å². The highest BCUT2D eigenvalue weighted by molar-refractivity contribution is 5.93. The van der Waals surface area contributed by atoms with Crippen molar-refractivity contribution in [2.45, 2.75) is 19.8 Å². The molecule has 5 nitrogen and oxygen atoms in total. The Morgan fingerprint density at radius 1 is 1.38 bits per heavy atom. The number of amides is 1. The van der Waals surface area contributed by atoms with E-state index < -0.39 is 0 Å². The molecule has 0 radical (unpaired) electrons. The Morgan fingerprint density at radius 3 is 2.62 bits per heavy atom. The average molecular weight is 220 g/mol. The molecule has 0 bridgehead atoms. The number of carbonyl (C=O) groups is 1. The summed E-state index contributed by atoms with van der Waals surface area (Å²) in [5.74, 6) is 0.396. The predicted molar refractivity (Wildman–Crippen MR) is 60.9 cm³/mol. The Labute approximate surface area is 94.7 Å². The molecule has 1 aromatic heterocycles. The van der Waals surface area contributed by atoms with Gasteiger partial charge in [-0.2, -0.15) is 0 Å². The van der Waals surface area contributed by atoms with Gasteiger partial charge in [-0.1, -0.05) is 6.92 Å². The molecule has 2 N–H and O–H groups in total. The monoisotopic (exact) mass is 220 g/mol. The van der Waals surface area contributed by atoms with Gasteiger partial charge in [0.1, 0.15) is 0 Å². The molecule has 1 aliphatic heterocycles. The molecular formula is C11H16N4O. The van der Waals surface area contributed by atoms with Gasteiger partial charge in [-0.3, -0.25) is 10.1 Å². The molecule has 2 rings (SSSR count). The minimum atomic E-state index is -0.301. The molecule has 1 aliphatic rings. The Hall–Kier alpha value is -1.49. The van der Waals surface area contributed by atoms with E-state index in [-0.39, 0.29) is 11.3 Å². The molecular weight excluding hydrogens is 204 g/mol. The third-order valence-corrected chi connectivity index (χ3v) is 3.05. The molecule has 0 aromatic carbocycles. The summed E-state index contributed by atoms with van der Waals surface area (Å²) in [6.07, 6.45) is 4.94. The number of carbonyl (C=O) groups excluding carboxylic acids is 1. The maximum absolute atomic E-state index is 12.1. The maximum atomic E-state index is 12.1. The largest absolute Gasteiger partial charge is 0.317 e. The van der Waals surface area contributed by atoms with E-state index >= 15 is 0 Å². The van der Waals surface area contributed by atoms with Gasteiger partial charge in [-0.25, -0.2) is 9.97 Å². The highest BCUT2D eigenvalue weighted by Gasteiger charge is 2.34. The van der Waals surface area contributed by atoms with Crippen LogP contribution in [-0.4, -0.2) is 29.0 Å². The van der Waals surface area contributed by atoms with Gasteiger partial charge in [0, 0.05) is 17.8 Å². The lowest BCUT2D eigenvalue weighted by atomic mass is 9.80. The summed E-state index contributed by atoms with van der Waals surface area (Å²) in [5, 5.41) is 6.01. The standard InChI is InChI=1S/C11H16N4O/c1-11(3-7-12-8-4-11)9(16)15-10-13-5-2-6-14-10/h2,5-6,12H,3-4,7-8H2,1H3,(H,13,14,15,16). The van der Waals surface area contributed by atoms with Gasteiger partial charge >= 0.3 is 0 Å². The summed E-state index contributed by atoms with van der Waals surface area (Å²) in [4.78, 5) is 20.0. The molecule has 1 saturated heterocycles. The Balaban J connectivity index is 2.02. The van der Waals surface area contributed by atoms with Crippen LogP contribution in [0.4, 0.5) is 5.95 Å². The van der Waals surface area contributed by atoms with Crippen molar-refractivity contribution < 1.29 is 4.79 Å². The minimum absolute atomic E-state index is 0.0141. The number of rotatable bonds is 2. The van der Waals surface area contributed by atoms with E-state index in [1.165, 1.54) is 0 Å². The zero-order valence-electron chi connectivity index (χ0n) is 9.36. The van der Waals surface area contributed by atoms with Crippen LogP contribution in [0.5, 0.6) is 0 Å². The average Bonchev–Trinajstić information content (AvgIpc) is 2.31. The lowest BCUT2D eigenvalue weighted by molar-refractivity contribution is -0.126. The van der Waals surface area contributed by atoms with Crippen LogP contribution in [0.1, 0.15) is 19.8 Å². The topological polar surface area (TPSA) is 66.9 Å². The van der Waals surface area contributed by atoms with E-state index in [9.17, 15) is 4.79 Å². The van der Waals surface area contributed by atoms with E-state index in [0.717, 1.165) is 25.9 Å². The number of aromatic nitrogens is 2. The van der Waals surface area contributed by atoms with Crippen molar-refractivity contribution in [3.8, 4) is 0 Å². The fraction of sp³-hybridized carbons (Fsp3) is 0.545. The zero-order valence-corrected chi connectivity index (χ0v) is 9.36. The molecule has 86 valence electrons. The van der Waals surface area contributed by atoms with Gasteiger partial charge in [0.25, 0.3) is 0 Å². The number of hydrogen-bond donors (Lipinski definition) is 2. The highest BCUT2D eigenvalue weighted by atomic mass is 16.2. The summed E-state index contributed by atoms with van der Waals surface area (Å²) in [6.45, 7) is 3.77. The number of hydrogen-bond acceptors (Lipinski definition) is 4. The van der Waals surface area contributed by atoms with Crippen LogP contribution >= 0.6 is 0 Å². The fourth-order valence-electron chi connectivity index (χ4n) is 1.82. The second-order valence-corrected chi connectivity index (χ2v) is 4.34. The molecule has 5 heteroatoms.